The summed E-state index contributed by atoms with van der Waals surface area (Å²) in [5.74, 6) is -1.51. The van der Waals surface area contributed by atoms with Crippen molar-refractivity contribution in [2.75, 3.05) is 6.61 Å². The number of carbonyl (C=O) groups is 2. The second-order valence-corrected chi connectivity index (χ2v) is 5.10. The van der Waals surface area contributed by atoms with Crippen LogP contribution in [0.25, 0.3) is 0 Å². The molecule has 22 heavy (non-hydrogen) atoms. The number of halogens is 2. The van der Waals surface area contributed by atoms with Crippen molar-refractivity contribution in [1.29, 1.82) is 0 Å². The van der Waals surface area contributed by atoms with Crippen molar-refractivity contribution in [2.24, 2.45) is 0 Å². The standard InChI is InChI=1S/C15H19F2NO4/c1-9(2)10-4-3-5-11(6-10)22-8-14(19)18-12(15(20)21)7-13(16)17/h3-6,9,12-13H,7-8H2,1-2H3,(H,18,19)(H,20,21). The highest BCUT2D eigenvalue weighted by Gasteiger charge is 2.24. The third-order valence-electron chi connectivity index (χ3n) is 2.94. The first-order valence-electron chi connectivity index (χ1n) is 6.82. The molecular weight excluding hydrogens is 296 g/mol. The van der Waals surface area contributed by atoms with Crippen molar-refractivity contribution in [3.8, 4) is 5.75 Å². The molecule has 5 nitrogen and oxygen atoms in total. The summed E-state index contributed by atoms with van der Waals surface area (Å²) in [4.78, 5) is 22.4. The van der Waals surface area contributed by atoms with E-state index in [1.807, 2.05) is 25.2 Å². The molecular formula is C15H19F2NO4. The number of nitrogens with one attached hydrogen (secondary N) is 1. The van der Waals surface area contributed by atoms with Gasteiger partial charge in [-0.15, -0.1) is 0 Å². The van der Waals surface area contributed by atoms with E-state index < -0.39 is 37.4 Å². The quantitative estimate of drug-likeness (QED) is 0.772. The minimum atomic E-state index is -2.81. The van der Waals surface area contributed by atoms with Crippen LogP contribution in [0, 0.1) is 0 Å². The third kappa shape index (κ3) is 6.07. The van der Waals surface area contributed by atoms with E-state index in [0.29, 0.717) is 11.7 Å². The van der Waals surface area contributed by atoms with Crippen LogP contribution in [-0.2, 0) is 9.59 Å². The topological polar surface area (TPSA) is 75.6 Å². The molecule has 122 valence electrons. The van der Waals surface area contributed by atoms with Gasteiger partial charge in [0.15, 0.2) is 6.61 Å². The largest absolute Gasteiger partial charge is 0.484 e. The van der Waals surface area contributed by atoms with Crippen LogP contribution >= 0.6 is 0 Å². The number of rotatable bonds is 8. The van der Waals surface area contributed by atoms with E-state index in [1.165, 1.54) is 0 Å². The minimum Gasteiger partial charge on any atom is -0.484 e. The summed E-state index contributed by atoms with van der Waals surface area (Å²) in [6.07, 6.45) is -3.76. The monoisotopic (exact) mass is 315 g/mol. The average Bonchev–Trinajstić information content (AvgIpc) is 2.44. The predicted octanol–water partition coefficient (Wildman–Crippen LogP) is 2.41. The lowest BCUT2D eigenvalue weighted by atomic mass is 10.0. The third-order valence-corrected chi connectivity index (χ3v) is 2.94. The number of benzene rings is 1. The molecule has 2 N–H and O–H groups in total. The Balaban J connectivity index is 2.54. The van der Waals surface area contributed by atoms with Gasteiger partial charge in [0.25, 0.3) is 5.91 Å². The Labute approximate surface area is 127 Å². The highest BCUT2D eigenvalue weighted by atomic mass is 19.3. The lowest BCUT2D eigenvalue weighted by molar-refractivity contribution is -0.143. The Morgan fingerprint density at radius 3 is 2.55 bits per heavy atom. The molecule has 0 spiro atoms. The number of aliphatic carboxylic acids is 1. The van der Waals surface area contributed by atoms with E-state index in [2.05, 4.69) is 0 Å². The van der Waals surface area contributed by atoms with Crippen LogP contribution in [0.2, 0.25) is 0 Å². The molecule has 0 aliphatic heterocycles. The van der Waals surface area contributed by atoms with Crippen molar-refractivity contribution in [3.05, 3.63) is 29.8 Å². The van der Waals surface area contributed by atoms with Crippen LogP contribution in [0.5, 0.6) is 5.75 Å². The van der Waals surface area contributed by atoms with E-state index in [0.717, 1.165) is 5.56 Å². The van der Waals surface area contributed by atoms with Gasteiger partial charge in [0.1, 0.15) is 11.8 Å². The smallest absolute Gasteiger partial charge is 0.326 e. The first-order chi connectivity index (χ1) is 10.3. The van der Waals surface area contributed by atoms with E-state index in [9.17, 15) is 18.4 Å². The summed E-state index contributed by atoms with van der Waals surface area (Å²) < 4.78 is 29.7. The molecule has 1 aromatic rings. The number of hydrogen-bond acceptors (Lipinski definition) is 3. The van der Waals surface area contributed by atoms with Gasteiger partial charge in [0.05, 0.1) is 0 Å². The highest BCUT2D eigenvalue weighted by Crippen LogP contribution is 2.19. The minimum absolute atomic E-state index is 0.291. The SMILES string of the molecule is CC(C)c1cccc(OCC(=O)NC(CC(F)F)C(=O)O)c1. The lowest BCUT2D eigenvalue weighted by Gasteiger charge is -2.14. The van der Waals surface area contributed by atoms with E-state index in [4.69, 9.17) is 9.84 Å². The van der Waals surface area contributed by atoms with Gasteiger partial charge in [-0.1, -0.05) is 26.0 Å². The highest BCUT2D eigenvalue weighted by molar-refractivity contribution is 5.84. The van der Waals surface area contributed by atoms with Gasteiger partial charge in [0.2, 0.25) is 6.43 Å². The second-order valence-electron chi connectivity index (χ2n) is 5.10. The summed E-state index contributed by atoms with van der Waals surface area (Å²) in [5.41, 5.74) is 1.03. The first-order valence-corrected chi connectivity index (χ1v) is 6.82. The molecule has 0 bridgehead atoms. The zero-order valence-corrected chi connectivity index (χ0v) is 12.4. The Morgan fingerprint density at radius 1 is 1.32 bits per heavy atom. The molecule has 0 aliphatic carbocycles. The van der Waals surface area contributed by atoms with Gasteiger partial charge >= 0.3 is 5.97 Å². The second kappa shape index (κ2) is 8.31. The van der Waals surface area contributed by atoms with E-state index in [1.54, 1.807) is 18.2 Å². The normalized spacial score (nSPS) is 12.3. The number of carboxylic acids is 1. The van der Waals surface area contributed by atoms with E-state index in [-0.39, 0.29) is 0 Å². The van der Waals surface area contributed by atoms with Crippen molar-refractivity contribution < 1.29 is 28.2 Å². The van der Waals surface area contributed by atoms with Crippen LogP contribution in [-0.4, -0.2) is 36.1 Å². The number of carbonyl (C=O) groups excluding carboxylic acids is 1. The number of amides is 1. The maximum absolute atomic E-state index is 12.2. The van der Waals surface area contributed by atoms with Crippen molar-refractivity contribution >= 4 is 11.9 Å². The zero-order chi connectivity index (χ0) is 16.7. The molecule has 0 heterocycles. The van der Waals surface area contributed by atoms with Gasteiger partial charge in [-0.25, -0.2) is 13.6 Å². The molecule has 0 saturated heterocycles. The Bertz CT molecular complexity index is 520. The summed E-state index contributed by atoms with van der Waals surface area (Å²) in [7, 11) is 0. The molecule has 0 radical (unpaired) electrons. The molecule has 1 atom stereocenters. The van der Waals surface area contributed by atoms with Gasteiger partial charge in [0, 0.05) is 6.42 Å². The van der Waals surface area contributed by atoms with Crippen LogP contribution in [0.1, 0.15) is 31.7 Å². The molecule has 7 heteroatoms. The molecule has 0 fully saturated rings. The molecule has 0 aliphatic rings. The molecule has 1 unspecified atom stereocenters. The van der Waals surface area contributed by atoms with Crippen LogP contribution in [0.3, 0.4) is 0 Å². The summed E-state index contributed by atoms with van der Waals surface area (Å²) in [5, 5.41) is 10.8. The molecule has 0 saturated carbocycles. The van der Waals surface area contributed by atoms with Crippen LogP contribution < -0.4 is 10.1 Å². The summed E-state index contributed by atoms with van der Waals surface area (Å²) in [6, 6.07) is 5.50. The maximum Gasteiger partial charge on any atom is 0.326 e. The molecule has 1 amide bonds. The van der Waals surface area contributed by atoms with Gasteiger partial charge in [-0.3, -0.25) is 4.79 Å². The molecule has 0 aromatic heterocycles. The predicted molar refractivity (Wildman–Crippen MR) is 76.2 cm³/mol. The Hall–Kier alpha value is -2.18. The summed E-state index contributed by atoms with van der Waals surface area (Å²) >= 11 is 0. The average molecular weight is 315 g/mol. The van der Waals surface area contributed by atoms with Gasteiger partial charge < -0.3 is 15.2 Å². The van der Waals surface area contributed by atoms with Crippen LogP contribution in [0.4, 0.5) is 8.78 Å². The Morgan fingerprint density at radius 2 is 2.00 bits per heavy atom. The number of carboxylic acid groups (broad SMARTS) is 1. The first kappa shape index (κ1) is 17.9. The van der Waals surface area contributed by atoms with Crippen molar-refractivity contribution in [3.63, 3.8) is 0 Å². The number of hydrogen-bond donors (Lipinski definition) is 2. The summed E-state index contributed by atoms with van der Waals surface area (Å²) in [6.45, 7) is 3.58. The zero-order valence-electron chi connectivity index (χ0n) is 12.4. The molecule has 1 aromatic carbocycles. The maximum atomic E-state index is 12.2. The van der Waals surface area contributed by atoms with Gasteiger partial charge in [-0.05, 0) is 23.6 Å². The number of alkyl halides is 2. The number of ether oxygens (including phenoxy) is 1. The van der Waals surface area contributed by atoms with E-state index >= 15 is 0 Å². The van der Waals surface area contributed by atoms with Gasteiger partial charge in [-0.2, -0.15) is 0 Å². The van der Waals surface area contributed by atoms with Crippen molar-refractivity contribution in [2.45, 2.75) is 38.7 Å². The van der Waals surface area contributed by atoms with Crippen molar-refractivity contribution in [1.82, 2.24) is 5.32 Å². The fourth-order valence-corrected chi connectivity index (χ4v) is 1.75. The van der Waals surface area contributed by atoms with Crippen LogP contribution in [0.15, 0.2) is 24.3 Å². The Kier molecular flexibility index (Phi) is 6.75. The molecule has 1 rings (SSSR count). The lowest BCUT2D eigenvalue weighted by Crippen LogP contribution is -2.44. The fourth-order valence-electron chi connectivity index (χ4n) is 1.75. The fraction of sp³-hybridized carbons (Fsp3) is 0.467.